The van der Waals surface area contributed by atoms with Crippen molar-refractivity contribution in [2.24, 2.45) is 0 Å². The molecule has 3 heteroatoms. The van der Waals surface area contributed by atoms with Crippen molar-refractivity contribution < 1.29 is 0 Å². The average molecular weight is 308 g/mol. The third-order valence-corrected chi connectivity index (χ3v) is 6.10. The lowest BCUT2D eigenvalue weighted by Crippen LogP contribution is -2.29. The van der Waals surface area contributed by atoms with Gasteiger partial charge in [-0.2, -0.15) is 11.8 Å². The first-order valence-electron chi connectivity index (χ1n) is 7.45. The van der Waals surface area contributed by atoms with Crippen molar-refractivity contribution in [3.8, 4) is 0 Å². The summed E-state index contributed by atoms with van der Waals surface area (Å²) in [7, 11) is 0. The van der Waals surface area contributed by atoms with E-state index >= 15 is 0 Å². The lowest BCUT2D eigenvalue weighted by atomic mass is 10.1. The number of nitrogens with one attached hydrogen (secondary N) is 1. The highest BCUT2D eigenvalue weighted by Gasteiger charge is 2.15. The molecule has 2 rings (SSSR count). The van der Waals surface area contributed by atoms with Crippen LogP contribution in [0.15, 0.2) is 24.3 Å². The molecule has 0 aliphatic heterocycles. The predicted octanol–water partition coefficient (Wildman–Crippen LogP) is 5.39. The molecular weight excluding hydrogens is 282 g/mol. The SMILES string of the molecule is CCSCCC(C)NC(C)c1sc2ccccc2c1C. The Balaban J connectivity index is 2.03. The number of thioether (sulfide) groups is 1. The summed E-state index contributed by atoms with van der Waals surface area (Å²) in [6.45, 7) is 9.08. The van der Waals surface area contributed by atoms with Crippen molar-refractivity contribution in [2.75, 3.05) is 11.5 Å². The van der Waals surface area contributed by atoms with Crippen LogP contribution in [0.25, 0.3) is 10.1 Å². The molecule has 110 valence electrons. The lowest BCUT2D eigenvalue weighted by molar-refractivity contribution is 0.475. The number of hydrogen-bond donors (Lipinski definition) is 1. The Morgan fingerprint density at radius 2 is 2.00 bits per heavy atom. The van der Waals surface area contributed by atoms with Crippen LogP contribution in [-0.2, 0) is 0 Å². The Bertz CT molecular complexity index is 547. The molecule has 20 heavy (non-hydrogen) atoms. The van der Waals surface area contributed by atoms with E-state index in [1.54, 1.807) is 0 Å². The van der Waals surface area contributed by atoms with Crippen molar-refractivity contribution in [1.82, 2.24) is 5.32 Å². The smallest absolute Gasteiger partial charge is 0.0391 e. The molecule has 2 atom stereocenters. The van der Waals surface area contributed by atoms with Gasteiger partial charge in [-0.25, -0.2) is 0 Å². The lowest BCUT2D eigenvalue weighted by Gasteiger charge is -2.19. The van der Waals surface area contributed by atoms with Gasteiger partial charge in [-0.1, -0.05) is 25.1 Å². The van der Waals surface area contributed by atoms with Crippen LogP contribution in [0.5, 0.6) is 0 Å². The van der Waals surface area contributed by atoms with E-state index in [1.807, 2.05) is 23.1 Å². The van der Waals surface area contributed by atoms with Crippen LogP contribution in [-0.4, -0.2) is 17.5 Å². The molecule has 1 aromatic heterocycles. The van der Waals surface area contributed by atoms with Crippen LogP contribution in [0, 0.1) is 6.92 Å². The van der Waals surface area contributed by atoms with E-state index in [-0.39, 0.29) is 0 Å². The van der Waals surface area contributed by atoms with Gasteiger partial charge in [0.05, 0.1) is 0 Å². The molecule has 0 spiro atoms. The van der Waals surface area contributed by atoms with E-state index < -0.39 is 0 Å². The third kappa shape index (κ3) is 3.78. The topological polar surface area (TPSA) is 12.0 Å². The summed E-state index contributed by atoms with van der Waals surface area (Å²) >= 11 is 3.96. The Morgan fingerprint density at radius 1 is 1.25 bits per heavy atom. The fourth-order valence-corrected chi connectivity index (χ4v) is 4.63. The number of hydrogen-bond acceptors (Lipinski definition) is 3. The van der Waals surface area contributed by atoms with Crippen LogP contribution < -0.4 is 5.32 Å². The number of benzene rings is 1. The van der Waals surface area contributed by atoms with Gasteiger partial charge in [-0.05, 0) is 55.7 Å². The van der Waals surface area contributed by atoms with Gasteiger partial charge in [0.25, 0.3) is 0 Å². The number of rotatable bonds is 7. The van der Waals surface area contributed by atoms with Crippen molar-refractivity contribution in [2.45, 2.75) is 46.2 Å². The van der Waals surface area contributed by atoms with E-state index in [0.29, 0.717) is 12.1 Å². The van der Waals surface area contributed by atoms with E-state index in [4.69, 9.17) is 0 Å². The molecule has 0 amide bonds. The molecule has 0 saturated carbocycles. The van der Waals surface area contributed by atoms with Crippen molar-refractivity contribution in [3.63, 3.8) is 0 Å². The van der Waals surface area contributed by atoms with Gasteiger partial charge in [0.1, 0.15) is 0 Å². The Hall–Kier alpha value is -0.510. The predicted molar refractivity (Wildman–Crippen MR) is 95.2 cm³/mol. The number of aryl methyl sites for hydroxylation is 1. The van der Waals surface area contributed by atoms with Gasteiger partial charge in [0, 0.05) is 21.7 Å². The highest BCUT2D eigenvalue weighted by molar-refractivity contribution is 7.99. The number of fused-ring (bicyclic) bond motifs is 1. The fraction of sp³-hybridized carbons (Fsp3) is 0.529. The van der Waals surface area contributed by atoms with Gasteiger partial charge in [0.2, 0.25) is 0 Å². The zero-order chi connectivity index (χ0) is 14.5. The molecule has 0 bridgehead atoms. The largest absolute Gasteiger partial charge is 0.307 e. The summed E-state index contributed by atoms with van der Waals surface area (Å²) in [5.41, 5.74) is 1.45. The molecule has 1 heterocycles. The maximum Gasteiger partial charge on any atom is 0.0391 e. The zero-order valence-corrected chi connectivity index (χ0v) is 14.5. The van der Waals surface area contributed by atoms with Crippen LogP contribution in [0.3, 0.4) is 0 Å². The minimum absolute atomic E-state index is 0.439. The fourth-order valence-electron chi connectivity index (χ4n) is 2.60. The second-order valence-electron chi connectivity index (χ2n) is 5.36. The number of thiophene rings is 1. The maximum atomic E-state index is 3.75. The summed E-state index contributed by atoms with van der Waals surface area (Å²) in [4.78, 5) is 1.49. The van der Waals surface area contributed by atoms with Gasteiger partial charge < -0.3 is 5.32 Å². The van der Waals surface area contributed by atoms with Gasteiger partial charge in [0.15, 0.2) is 0 Å². The summed E-state index contributed by atoms with van der Waals surface area (Å²) < 4.78 is 1.41. The van der Waals surface area contributed by atoms with Gasteiger partial charge >= 0.3 is 0 Å². The van der Waals surface area contributed by atoms with Crippen molar-refractivity contribution >= 4 is 33.2 Å². The highest BCUT2D eigenvalue weighted by atomic mass is 32.2. The molecule has 0 radical (unpaired) electrons. The minimum atomic E-state index is 0.439. The van der Waals surface area contributed by atoms with Crippen molar-refractivity contribution in [3.05, 3.63) is 34.7 Å². The second-order valence-corrected chi connectivity index (χ2v) is 7.84. The van der Waals surface area contributed by atoms with Crippen LogP contribution in [0.2, 0.25) is 0 Å². The molecule has 0 saturated heterocycles. The van der Waals surface area contributed by atoms with Gasteiger partial charge in [-0.15, -0.1) is 11.3 Å². The van der Waals surface area contributed by atoms with Crippen molar-refractivity contribution in [1.29, 1.82) is 0 Å². The quantitative estimate of drug-likeness (QED) is 0.688. The first-order valence-corrected chi connectivity index (χ1v) is 9.42. The molecule has 1 aromatic carbocycles. The third-order valence-electron chi connectivity index (χ3n) is 3.71. The first kappa shape index (κ1) is 15.9. The Morgan fingerprint density at radius 3 is 2.70 bits per heavy atom. The van der Waals surface area contributed by atoms with E-state index in [0.717, 1.165) is 0 Å². The molecule has 0 fully saturated rings. The molecule has 0 aliphatic rings. The molecule has 1 N–H and O–H groups in total. The molecule has 2 aromatic rings. The zero-order valence-electron chi connectivity index (χ0n) is 12.9. The van der Waals surface area contributed by atoms with E-state index in [1.165, 1.54) is 38.5 Å². The molecule has 2 unspecified atom stereocenters. The minimum Gasteiger partial charge on any atom is -0.307 e. The Kier molecular flexibility index (Phi) is 5.94. The normalized spacial score (nSPS) is 14.6. The standard InChI is InChI=1S/C17H25NS2/c1-5-19-11-10-12(2)18-14(4)17-13(3)15-8-6-7-9-16(15)20-17/h6-9,12,14,18H,5,10-11H2,1-4H3. The van der Waals surface area contributed by atoms with E-state index in [9.17, 15) is 0 Å². The monoisotopic (exact) mass is 307 g/mol. The highest BCUT2D eigenvalue weighted by Crippen LogP contribution is 2.34. The molecule has 1 nitrogen and oxygen atoms in total. The van der Waals surface area contributed by atoms with Crippen LogP contribution in [0.1, 0.15) is 43.7 Å². The second kappa shape index (κ2) is 7.48. The first-order chi connectivity index (χ1) is 9.63. The van der Waals surface area contributed by atoms with Crippen LogP contribution in [0.4, 0.5) is 0 Å². The summed E-state index contributed by atoms with van der Waals surface area (Å²) in [6.07, 6.45) is 1.24. The van der Waals surface area contributed by atoms with Crippen LogP contribution >= 0.6 is 23.1 Å². The average Bonchev–Trinajstić information content (AvgIpc) is 2.77. The molecular formula is C17H25NS2. The summed E-state index contributed by atoms with van der Waals surface area (Å²) in [6, 6.07) is 9.74. The van der Waals surface area contributed by atoms with Gasteiger partial charge in [-0.3, -0.25) is 0 Å². The molecule has 0 aliphatic carbocycles. The summed E-state index contributed by atoms with van der Waals surface area (Å²) in [5, 5.41) is 5.17. The Labute approximate surface area is 131 Å². The maximum absolute atomic E-state index is 3.75. The van der Waals surface area contributed by atoms with E-state index in [2.05, 4.69) is 57.3 Å². The summed E-state index contributed by atoms with van der Waals surface area (Å²) in [5.74, 6) is 2.47.